The molecule has 1 aromatic carbocycles. The molecule has 1 heterocycles. The van der Waals surface area contributed by atoms with Crippen LogP contribution in [0.25, 0.3) is 0 Å². The van der Waals surface area contributed by atoms with E-state index in [2.05, 4.69) is 10.3 Å². The second-order valence-electron chi connectivity index (χ2n) is 4.05. The Bertz CT molecular complexity index is 580. The van der Waals surface area contributed by atoms with Gasteiger partial charge >= 0.3 is 0 Å². The largest absolute Gasteiger partial charge is 0.326 e. The molecule has 0 saturated heterocycles. The molecule has 0 saturated carbocycles. The van der Waals surface area contributed by atoms with Gasteiger partial charge in [0.2, 0.25) is 5.91 Å². The van der Waals surface area contributed by atoms with Crippen LogP contribution in [0.2, 0.25) is 0 Å². The lowest BCUT2D eigenvalue weighted by molar-refractivity contribution is -0.115. The van der Waals surface area contributed by atoms with Gasteiger partial charge in [0.25, 0.3) is 0 Å². The van der Waals surface area contributed by atoms with Crippen LogP contribution in [0.4, 0.5) is 10.1 Å². The molecule has 3 nitrogen and oxygen atoms in total. The van der Waals surface area contributed by atoms with E-state index in [1.807, 2.05) is 12.3 Å². The molecule has 2 rings (SSSR count). The number of carbonyl (C=O) groups excluding carboxylic acids is 1. The summed E-state index contributed by atoms with van der Waals surface area (Å²) < 4.78 is 13.3. The number of nitrogens with one attached hydrogen (secondary N) is 1. The molecule has 0 spiro atoms. The summed E-state index contributed by atoms with van der Waals surface area (Å²) in [5.41, 5.74) is 1.76. The molecule has 0 bridgehead atoms. The zero-order valence-electron chi connectivity index (χ0n) is 10.2. The van der Waals surface area contributed by atoms with Crippen LogP contribution in [-0.4, -0.2) is 10.9 Å². The first-order valence-corrected chi connectivity index (χ1v) is 6.39. The van der Waals surface area contributed by atoms with Crippen LogP contribution in [0.5, 0.6) is 0 Å². The van der Waals surface area contributed by atoms with Gasteiger partial charge in [-0.15, -0.1) is 11.3 Å². The number of carbonyl (C=O) groups is 1. The van der Waals surface area contributed by atoms with E-state index >= 15 is 0 Å². The smallest absolute Gasteiger partial charge is 0.230 e. The van der Waals surface area contributed by atoms with Crippen molar-refractivity contribution in [3.63, 3.8) is 0 Å². The van der Waals surface area contributed by atoms with Crippen molar-refractivity contribution in [3.8, 4) is 0 Å². The molecule has 1 aromatic heterocycles. The third kappa shape index (κ3) is 3.13. The van der Waals surface area contributed by atoms with Gasteiger partial charge in [0.15, 0.2) is 0 Å². The van der Waals surface area contributed by atoms with Crippen molar-refractivity contribution in [3.05, 3.63) is 45.7 Å². The van der Waals surface area contributed by atoms with E-state index in [0.29, 0.717) is 11.3 Å². The molecular formula is C13H13FN2OS. The van der Waals surface area contributed by atoms with Crippen molar-refractivity contribution in [2.75, 3.05) is 5.32 Å². The maximum absolute atomic E-state index is 13.3. The number of hydrogen-bond acceptors (Lipinski definition) is 3. The molecule has 0 aliphatic rings. The van der Waals surface area contributed by atoms with Crippen LogP contribution in [-0.2, 0) is 11.2 Å². The number of hydrogen-bond donors (Lipinski definition) is 1. The van der Waals surface area contributed by atoms with Crippen molar-refractivity contribution in [2.24, 2.45) is 0 Å². The van der Waals surface area contributed by atoms with Crippen molar-refractivity contribution in [2.45, 2.75) is 20.3 Å². The maximum Gasteiger partial charge on any atom is 0.230 e. The Morgan fingerprint density at radius 3 is 2.83 bits per heavy atom. The molecule has 0 unspecified atom stereocenters. The van der Waals surface area contributed by atoms with Gasteiger partial charge in [-0.3, -0.25) is 4.79 Å². The summed E-state index contributed by atoms with van der Waals surface area (Å²) in [6.45, 7) is 3.57. The van der Waals surface area contributed by atoms with Gasteiger partial charge in [-0.25, -0.2) is 9.37 Å². The van der Waals surface area contributed by atoms with Crippen LogP contribution in [0.1, 0.15) is 16.3 Å². The normalized spacial score (nSPS) is 10.4. The van der Waals surface area contributed by atoms with Gasteiger partial charge in [0.05, 0.1) is 17.1 Å². The molecule has 94 valence electrons. The first-order chi connectivity index (χ1) is 8.54. The van der Waals surface area contributed by atoms with Gasteiger partial charge < -0.3 is 5.32 Å². The minimum absolute atomic E-state index is 0.191. The van der Waals surface area contributed by atoms with Crippen LogP contribution in [0.3, 0.4) is 0 Å². The molecule has 0 atom stereocenters. The van der Waals surface area contributed by atoms with Crippen molar-refractivity contribution < 1.29 is 9.18 Å². The first-order valence-electron chi connectivity index (χ1n) is 5.51. The lowest BCUT2D eigenvalue weighted by atomic mass is 10.2. The van der Waals surface area contributed by atoms with Crippen molar-refractivity contribution >= 4 is 22.9 Å². The zero-order valence-corrected chi connectivity index (χ0v) is 11.0. The molecule has 0 fully saturated rings. The molecule has 1 amide bonds. The second-order valence-corrected chi connectivity index (χ2v) is 5.11. The minimum Gasteiger partial charge on any atom is -0.326 e. The lowest BCUT2D eigenvalue weighted by Crippen LogP contribution is -2.14. The number of aromatic nitrogens is 1. The summed E-state index contributed by atoms with van der Waals surface area (Å²) in [5.74, 6) is -0.513. The van der Waals surface area contributed by atoms with Crippen molar-refractivity contribution in [1.82, 2.24) is 4.98 Å². The fourth-order valence-electron chi connectivity index (χ4n) is 1.53. The van der Waals surface area contributed by atoms with Crippen LogP contribution >= 0.6 is 11.3 Å². The highest BCUT2D eigenvalue weighted by atomic mass is 32.1. The highest BCUT2D eigenvalue weighted by Gasteiger charge is 2.07. The zero-order chi connectivity index (χ0) is 13.1. The van der Waals surface area contributed by atoms with Gasteiger partial charge in [-0.1, -0.05) is 6.07 Å². The fraction of sp³-hybridized carbons (Fsp3) is 0.231. The molecule has 18 heavy (non-hydrogen) atoms. The molecule has 2 aromatic rings. The highest BCUT2D eigenvalue weighted by Crippen LogP contribution is 2.14. The Morgan fingerprint density at radius 1 is 1.44 bits per heavy atom. The quantitative estimate of drug-likeness (QED) is 0.925. The van der Waals surface area contributed by atoms with E-state index in [9.17, 15) is 9.18 Å². The Balaban J connectivity index is 2.00. The number of aryl methyl sites for hydroxylation is 2. The SMILES string of the molecule is Cc1nc(CC(=O)Nc2ccc(C)c(F)c2)cs1. The van der Waals surface area contributed by atoms with Gasteiger partial charge in [0, 0.05) is 11.1 Å². The van der Waals surface area contributed by atoms with Crippen LogP contribution in [0, 0.1) is 19.7 Å². The van der Waals surface area contributed by atoms with Crippen LogP contribution in [0.15, 0.2) is 23.6 Å². The number of amides is 1. The first kappa shape index (κ1) is 12.7. The standard InChI is InChI=1S/C13H13FN2OS/c1-8-3-4-10(5-12(8)14)16-13(17)6-11-7-18-9(2)15-11/h3-5,7H,6H2,1-2H3,(H,16,17). The molecule has 1 N–H and O–H groups in total. The average Bonchev–Trinajstić information content (AvgIpc) is 2.69. The highest BCUT2D eigenvalue weighted by molar-refractivity contribution is 7.09. The molecule has 0 aliphatic heterocycles. The molecule has 0 radical (unpaired) electrons. The number of rotatable bonds is 3. The Labute approximate surface area is 109 Å². The van der Waals surface area contributed by atoms with Gasteiger partial charge in [-0.05, 0) is 31.5 Å². The summed E-state index contributed by atoms with van der Waals surface area (Å²) in [6, 6.07) is 4.64. The summed E-state index contributed by atoms with van der Waals surface area (Å²) in [6.07, 6.45) is 0.208. The Kier molecular flexibility index (Phi) is 3.72. The van der Waals surface area contributed by atoms with E-state index in [1.165, 1.54) is 17.4 Å². The van der Waals surface area contributed by atoms with Gasteiger partial charge in [0.1, 0.15) is 5.82 Å². The topological polar surface area (TPSA) is 42.0 Å². The molecule has 0 aliphatic carbocycles. The summed E-state index contributed by atoms with van der Waals surface area (Å²) in [7, 11) is 0. The molecular weight excluding hydrogens is 251 g/mol. The summed E-state index contributed by atoms with van der Waals surface area (Å²) in [5, 5.41) is 5.44. The number of thiazole rings is 1. The average molecular weight is 264 g/mol. The lowest BCUT2D eigenvalue weighted by Gasteiger charge is -2.05. The van der Waals surface area contributed by atoms with E-state index < -0.39 is 0 Å². The van der Waals surface area contributed by atoms with E-state index in [1.54, 1.807) is 19.1 Å². The summed E-state index contributed by atoms with van der Waals surface area (Å²) in [4.78, 5) is 15.9. The van der Waals surface area contributed by atoms with E-state index in [4.69, 9.17) is 0 Å². The number of nitrogens with zero attached hydrogens (tertiary/aromatic N) is 1. The third-order valence-corrected chi connectivity index (χ3v) is 3.29. The summed E-state index contributed by atoms with van der Waals surface area (Å²) >= 11 is 1.51. The second kappa shape index (κ2) is 5.27. The van der Waals surface area contributed by atoms with Gasteiger partial charge in [-0.2, -0.15) is 0 Å². The number of anilines is 1. The monoisotopic (exact) mass is 264 g/mol. The minimum atomic E-state index is -0.322. The maximum atomic E-state index is 13.3. The predicted octanol–water partition coefficient (Wildman–Crippen LogP) is 3.08. The van der Waals surface area contributed by atoms with Crippen molar-refractivity contribution in [1.29, 1.82) is 0 Å². The van der Waals surface area contributed by atoms with E-state index in [0.717, 1.165) is 10.7 Å². The number of halogens is 1. The third-order valence-electron chi connectivity index (χ3n) is 2.46. The number of benzene rings is 1. The fourth-order valence-corrected chi connectivity index (χ4v) is 2.14. The Morgan fingerprint density at radius 2 is 2.22 bits per heavy atom. The van der Waals surface area contributed by atoms with E-state index in [-0.39, 0.29) is 18.1 Å². The predicted molar refractivity (Wildman–Crippen MR) is 70.3 cm³/mol. The van der Waals surface area contributed by atoms with Crippen LogP contribution < -0.4 is 5.32 Å². The Hall–Kier alpha value is -1.75. The molecule has 5 heteroatoms.